The van der Waals surface area contributed by atoms with E-state index in [-0.39, 0.29) is 11.9 Å². The average molecular weight is 442 g/mol. The molecule has 1 saturated heterocycles. The van der Waals surface area contributed by atoms with Crippen molar-refractivity contribution in [1.82, 2.24) is 9.91 Å². The number of carbonyl (C=O) groups excluding carboxylic acids is 1. The predicted octanol–water partition coefficient (Wildman–Crippen LogP) is 5.40. The fourth-order valence-electron chi connectivity index (χ4n) is 5.01. The van der Waals surface area contributed by atoms with Crippen molar-refractivity contribution < 1.29 is 9.53 Å². The molecule has 2 heterocycles. The molecule has 3 aromatic rings. The largest absolute Gasteiger partial charge is 0.497 e. The van der Waals surface area contributed by atoms with Gasteiger partial charge in [0.1, 0.15) is 5.75 Å². The number of rotatable bonds is 5. The van der Waals surface area contributed by atoms with Crippen molar-refractivity contribution in [2.75, 3.05) is 20.2 Å². The second kappa shape index (κ2) is 9.36. The molecule has 2 aliphatic rings. The maximum Gasteiger partial charge on any atom is 0.257 e. The minimum absolute atomic E-state index is 0.0698. The fraction of sp³-hybridized carbons (Fsp3) is 0.357. The summed E-state index contributed by atoms with van der Waals surface area (Å²) in [4.78, 5) is 15.8. The van der Waals surface area contributed by atoms with E-state index in [0.29, 0.717) is 19.0 Å². The van der Waals surface area contributed by atoms with Crippen LogP contribution in [0, 0.1) is 0 Å². The van der Waals surface area contributed by atoms with Gasteiger partial charge in [0, 0.05) is 12.5 Å². The number of piperidine rings is 1. The number of ether oxygens (including phenoxy) is 1. The van der Waals surface area contributed by atoms with Crippen molar-refractivity contribution >= 4 is 22.4 Å². The van der Waals surface area contributed by atoms with E-state index in [4.69, 9.17) is 9.84 Å². The highest BCUT2D eigenvalue weighted by molar-refractivity contribution is 6.05. The van der Waals surface area contributed by atoms with E-state index in [1.807, 2.05) is 24.3 Å². The Kier molecular flexibility index (Phi) is 6.14. The third-order valence-electron chi connectivity index (χ3n) is 7.03. The summed E-state index contributed by atoms with van der Waals surface area (Å²) in [6.45, 7) is 3.62. The van der Waals surface area contributed by atoms with Crippen LogP contribution in [0.25, 0.3) is 10.8 Å². The van der Waals surface area contributed by atoms with Crippen molar-refractivity contribution in [3.05, 3.63) is 77.9 Å². The molecule has 0 aromatic heterocycles. The van der Waals surface area contributed by atoms with Gasteiger partial charge in [0.2, 0.25) is 0 Å². The van der Waals surface area contributed by atoms with Crippen LogP contribution in [0.3, 0.4) is 0 Å². The summed E-state index contributed by atoms with van der Waals surface area (Å²) in [6.07, 6.45) is 4.26. The van der Waals surface area contributed by atoms with Crippen LogP contribution in [0.15, 0.2) is 71.8 Å². The van der Waals surface area contributed by atoms with Crippen LogP contribution in [0.5, 0.6) is 5.75 Å². The van der Waals surface area contributed by atoms with Gasteiger partial charge in [-0.1, -0.05) is 55.0 Å². The number of benzene rings is 3. The van der Waals surface area contributed by atoms with E-state index < -0.39 is 0 Å². The first-order chi connectivity index (χ1) is 16.1. The molecule has 0 spiro atoms. The monoisotopic (exact) mass is 441 g/mol. The minimum atomic E-state index is -0.107. The molecule has 0 radical (unpaired) electrons. The van der Waals surface area contributed by atoms with Crippen LogP contribution in [0.2, 0.25) is 0 Å². The number of amides is 1. The van der Waals surface area contributed by atoms with Gasteiger partial charge in [0.15, 0.2) is 0 Å². The Labute approximate surface area is 195 Å². The Balaban J connectivity index is 1.45. The van der Waals surface area contributed by atoms with Gasteiger partial charge in [-0.2, -0.15) is 5.10 Å². The smallest absolute Gasteiger partial charge is 0.257 e. The third kappa shape index (κ3) is 4.51. The highest BCUT2D eigenvalue weighted by Gasteiger charge is 2.34. The molecule has 0 bridgehead atoms. The van der Waals surface area contributed by atoms with E-state index in [0.717, 1.165) is 42.0 Å². The standard InChI is InChI=1S/C28H31N3O2/c1-20-7-5-6-16-30(20)19-28(32)31-27(22-12-14-25(33-2)15-13-22)18-26(29-31)24-11-10-21-8-3-4-9-23(21)17-24/h3-4,8-15,17,20,27H,5-7,16,18-19H2,1-2H3/t20-,27-/m0/s1. The molecule has 0 saturated carbocycles. The van der Waals surface area contributed by atoms with E-state index in [2.05, 4.69) is 54.3 Å². The maximum absolute atomic E-state index is 13.5. The van der Waals surface area contributed by atoms with Crippen LogP contribution in [-0.2, 0) is 4.79 Å². The number of carbonyl (C=O) groups is 1. The Morgan fingerprint density at radius 2 is 1.82 bits per heavy atom. The highest BCUT2D eigenvalue weighted by Crippen LogP contribution is 2.34. The van der Waals surface area contributed by atoms with Gasteiger partial charge in [0.25, 0.3) is 5.91 Å². The van der Waals surface area contributed by atoms with Gasteiger partial charge >= 0.3 is 0 Å². The molecular formula is C28H31N3O2. The number of likely N-dealkylation sites (tertiary alicyclic amines) is 1. The van der Waals surface area contributed by atoms with Crippen molar-refractivity contribution in [3.8, 4) is 5.75 Å². The summed E-state index contributed by atoms with van der Waals surface area (Å²) in [5.41, 5.74) is 3.12. The molecule has 1 fully saturated rings. The lowest BCUT2D eigenvalue weighted by molar-refractivity contribution is -0.135. The molecule has 3 aromatic carbocycles. The van der Waals surface area contributed by atoms with E-state index in [1.54, 1.807) is 12.1 Å². The predicted molar refractivity (Wildman–Crippen MR) is 133 cm³/mol. The Morgan fingerprint density at radius 1 is 1.03 bits per heavy atom. The zero-order valence-corrected chi connectivity index (χ0v) is 19.4. The second-order valence-electron chi connectivity index (χ2n) is 9.16. The average Bonchev–Trinajstić information content (AvgIpc) is 3.31. The summed E-state index contributed by atoms with van der Waals surface area (Å²) in [5, 5.41) is 9.02. The number of hydrazone groups is 1. The van der Waals surface area contributed by atoms with Crippen molar-refractivity contribution in [3.63, 3.8) is 0 Å². The van der Waals surface area contributed by atoms with Gasteiger partial charge < -0.3 is 4.74 Å². The van der Waals surface area contributed by atoms with Crippen LogP contribution >= 0.6 is 0 Å². The van der Waals surface area contributed by atoms with Crippen LogP contribution in [-0.4, -0.2) is 47.8 Å². The lowest BCUT2D eigenvalue weighted by atomic mass is 9.97. The molecule has 2 atom stereocenters. The Morgan fingerprint density at radius 3 is 2.58 bits per heavy atom. The zero-order chi connectivity index (χ0) is 22.8. The molecule has 2 aliphatic heterocycles. The molecule has 5 heteroatoms. The van der Waals surface area contributed by atoms with Gasteiger partial charge in [-0.25, -0.2) is 5.01 Å². The van der Waals surface area contributed by atoms with Crippen molar-refractivity contribution in [1.29, 1.82) is 0 Å². The highest BCUT2D eigenvalue weighted by atomic mass is 16.5. The quantitative estimate of drug-likeness (QED) is 0.532. The summed E-state index contributed by atoms with van der Waals surface area (Å²) in [6, 6.07) is 23.1. The summed E-state index contributed by atoms with van der Waals surface area (Å²) in [5.74, 6) is 0.882. The number of hydrogen-bond acceptors (Lipinski definition) is 4. The maximum atomic E-state index is 13.5. The first-order valence-corrected chi connectivity index (χ1v) is 11.9. The Hall–Kier alpha value is -3.18. The number of fused-ring (bicyclic) bond motifs is 1. The first-order valence-electron chi connectivity index (χ1n) is 11.9. The lowest BCUT2D eigenvalue weighted by Gasteiger charge is -2.34. The third-order valence-corrected chi connectivity index (χ3v) is 7.03. The van der Waals surface area contributed by atoms with Crippen molar-refractivity contribution in [2.45, 2.75) is 44.7 Å². The van der Waals surface area contributed by atoms with Crippen LogP contribution in [0.4, 0.5) is 0 Å². The summed E-state index contributed by atoms with van der Waals surface area (Å²) < 4.78 is 5.33. The van der Waals surface area contributed by atoms with Crippen molar-refractivity contribution in [2.24, 2.45) is 5.10 Å². The van der Waals surface area contributed by atoms with Gasteiger partial charge in [-0.05, 0) is 66.4 Å². The van der Waals surface area contributed by atoms with E-state index >= 15 is 0 Å². The molecule has 5 nitrogen and oxygen atoms in total. The molecular weight excluding hydrogens is 410 g/mol. The van der Waals surface area contributed by atoms with Crippen LogP contribution < -0.4 is 4.74 Å². The molecule has 0 N–H and O–H groups in total. The SMILES string of the molecule is COc1ccc([C@@H]2CC(c3ccc4ccccc4c3)=NN2C(=O)CN2CCCC[C@@H]2C)cc1. The Bertz CT molecular complexity index is 1170. The number of methoxy groups -OCH3 is 1. The van der Waals surface area contributed by atoms with Gasteiger partial charge in [-0.3, -0.25) is 9.69 Å². The topological polar surface area (TPSA) is 45.1 Å². The second-order valence-corrected chi connectivity index (χ2v) is 9.16. The minimum Gasteiger partial charge on any atom is -0.497 e. The molecule has 1 amide bonds. The van der Waals surface area contributed by atoms with Gasteiger partial charge in [0.05, 0.1) is 25.4 Å². The molecule has 5 rings (SSSR count). The van der Waals surface area contributed by atoms with Gasteiger partial charge in [-0.15, -0.1) is 0 Å². The normalized spacial score (nSPS) is 21.3. The molecule has 0 unspecified atom stereocenters. The molecule has 0 aliphatic carbocycles. The fourth-order valence-corrected chi connectivity index (χ4v) is 5.01. The number of hydrogen-bond donors (Lipinski definition) is 0. The van der Waals surface area contributed by atoms with Crippen LogP contribution in [0.1, 0.15) is 49.8 Å². The number of nitrogens with zero attached hydrogens (tertiary/aromatic N) is 3. The molecule has 170 valence electrons. The first kappa shape index (κ1) is 21.7. The van der Waals surface area contributed by atoms with E-state index in [9.17, 15) is 4.79 Å². The summed E-state index contributed by atoms with van der Waals surface area (Å²) >= 11 is 0. The summed E-state index contributed by atoms with van der Waals surface area (Å²) in [7, 11) is 1.67. The van der Waals surface area contributed by atoms with E-state index in [1.165, 1.54) is 17.2 Å². The zero-order valence-electron chi connectivity index (χ0n) is 19.4. The molecule has 33 heavy (non-hydrogen) atoms. The lowest BCUT2D eigenvalue weighted by Crippen LogP contribution is -2.44.